The number of nitrogens with zero attached hydrogens (tertiary/aromatic N) is 6. The van der Waals surface area contributed by atoms with Gasteiger partial charge in [0.2, 0.25) is 0 Å². The molecule has 1 fully saturated rings. The van der Waals surface area contributed by atoms with Crippen molar-refractivity contribution >= 4 is 22.9 Å². The first-order chi connectivity index (χ1) is 18.1. The maximum absolute atomic E-state index is 4.85. The van der Waals surface area contributed by atoms with E-state index >= 15 is 0 Å². The van der Waals surface area contributed by atoms with E-state index in [1.165, 1.54) is 28.9 Å². The van der Waals surface area contributed by atoms with Crippen LogP contribution in [0.5, 0.6) is 0 Å². The van der Waals surface area contributed by atoms with Crippen LogP contribution in [0.15, 0.2) is 73.5 Å². The zero-order chi connectivity index (χ0) is 25.2. The van der Waals surface area contributed by atoms with E-state index in [0.717, 1.165) is 30.8 Å². The highest BCUT2D eigenvalue weighted by molar-refractivity contribution is 5.87. The van der Waals surface area contributed by atoms with Crippen molar-refractivity contribution in [1.29, 1.82) is 0 Å². The van der Waals surface area contributed by atoms with Gasteiger partial charge in [0.05, 0.1) is 6.20 Å². The predicted octanol–water partition coefficient (Wildman–Crippen LogP) is 5.74. The van der Waals surface area contributed by atoms with Crippen molar-refractivity contribution < 1.29 is 0 Å². The van der Waals surface area contributed by atoms with Gasteiger partial charge in [-0.1, -0.05) is 50.2 Å². The molecule has 0 bridgehead atoms. The number of likely N-dealkylation sites (N-methyl/N-ethyl adjacent to an activating group) is 1. The Morgan fingerprint density at radius 1 is 0.838 bits per heavy atom. The van der Waals surface area contributed by atoms with Crippen LogP contribution in [0.25, 0.3) is 0 Å². The second kappa shape index (κ2) is 6.85. The number of hydrogen-bond donors (Lipinski definition) is 0. The fourth-order valence-electron chi connectivity index (χ4n) is 10.0. The molecule has 3 aromatic rings. The molecular formula is C31H34N6. The minimum absolute atomic E-state index is 0.0635. The standard InChI is InChI=1S/C31H34N6/c1-5-29-15-16-30(31(29,6-2)22-12-8-9-13-23(22)36-18-17-34(3)27(29)36)21-11-7-10-14-24(21)37-26-25(19-32-20-33-26)35(4)28(30)37/h7-14,17-20,27-28H,5-6,15-16H2,1-4H3. The summed E-state index contributed by atoms with van der Waals surface area (Å²) in [6.45, 7) is 4.90. The second-order valence-corrected chi connectivity index (χ2v) is 11.6. The Hall–Kier alpha value is -3.54. The molecule has 1 saturated carbocycles. The number of hydrogen-bond acceptors (Lipinski definition) is 6. The van der Waals surface area contributed by atoms with Crippen molar-refractivity contribution in [3.8, 4) is 0 Å². The van der Waals surface area contributed by atoms with Gasteiger partial charge in [-0.15, -0.1) is 0 Å². The van der Waals surface area contributed by atoms with Gasteiger partial charge in [-0.05, 0) is 48.9 Å². The maximum Gasteiger partial charge on any atom is 0.161 e. The summed E-state index contributed by atoms with van der Waals surface area (Å²) in [5.41, 5.74) is 6.74. The van der Waals surface area contributed by atoms with Crippen LogP contribution in [0, 0.1) is 5.41 Å². The first-order valence-electron chi connectivity index (χ1n) is 13.8. The van der Waals surface area contributed by atoms with Crippen molar-refractivity contribution in [2.24, 2.45) is 5.41 Å². The van der Waals surface area contributed by atoms with Gasteiger partial charge < -0.3 is 19.6 Å². The monoisotopic (exact) mass is 490 g/mol. The van der Waals surface area contributed by atoms with Crippen LogP contribution in [0.1, 0.15) is 50.7 Å². The van der Waals surface area contributed by atoms with E-state index in [4.69, 9.17) is 4.98 Å². The van der Waals surface area contributed by atoms with Crippen LogP contribution in [0.2, 0.25) is 0 Å². The van der Waals surface area contributed by atoms with Crippen LogP contribution >= 0.6 is 0 Å². The molecule has 5 aliphatic rings. The predicted molar refractivity (Wildman–Crippen MR) is 148 cm³/mol. The zero-order valence-electron chi connectivity index (χ0n) is 22.1. The first-order valence-corrected chi connectivity index (χ1v) is 13.8. The summed E-state index contributed by atoms with van der Waals surface area (Å²) in [4.78, 5) is 19.4. The smallest absolute Gasteiger partial charge is 0.161 e. The molecule has 0 radical (unpaired) electrons. The molecule has 0 N–H and O–H groups in total. The van der Waals surface area contributed by atoms with Gasteiger partial charge in [-0.25, -0.2) is 9.97 Å². The Bertz CT molecular complexity index is 1470. The number of anilines is 4. The topological polar surface area (TPSA) is 38.7 Å². The molecule has 0 amide bonds. The number of benzene rings is 2. The molecule has 4 aliphatic heterocycles. The highest BCUT2D eigenvalue weighted by Gasteiger charge is 2.78. The van der Waals surface area contributed by atoms with E-state index in [2.05, 4.69) is 113 Å². The van der Waals surface area contributed by atoms with E-state index in [9.17, 15) is 0 Å². The molecule has 1 aliphatic carbocycles. The minimum atomic E-state index is -0.102. The molecule has 6 heteroatoms. The third-order valence-electron chi connectivity index (χ3n) is 11.0. The largest absolute Gasteiger partial charge is 0.358 e. The zero-order valence-corrected chi connectivity index (χ0v) is 22.1. The average Bonchev–Trinajstić information content (AvgIpc) is 3.65. The number of para-hydroxylation sites is 2. The Balaban J connectivity index is 1.51. The SMILES string of the molecule is CCC12CCC3(c4ccccc4N4c5ncncc5N(C)C43)C1(CC)c1ccccc1N1C=CN(C)C12. The molecule has 8 rings (SSSR count). The molecule has 5 unspecified atom stereocenters. The third-order valence-corrected chi connectivity index (χ3v) is 11.0. The second-order valence-electron chi connectivity index (χ2n) is 11.6. The van der Waals surface area contributed by atoms with Gasteiger partial charge in [0.25, 0.3) is 0 Å². The van der Waals surface area contributed by atoms with Crippen LogP contribution in [0.3, 0.4) is 0 Å². The van der Waals surface area contributed by atoms with Crippen molar-refractivity contribution in [3.63, 3.8) is 0 Å². The van der Waals surface area contributed by atoms with Gasteiger partial charge in [-0.3, -0.25) is 0 Å². The van der Waals surface area contributed by atoms with Gasteiger partial charge in [0.15, 0.2) is 5.82 Å². The van der Waals surface area contributed by atoms with Crippen molar-refractivity contribution in [2.75, 3.05) is 28.8 Å². The van der Waals surface area contributed by atoms with Gasteiger partial charge >= 0.3 is 0 Å². The molecule has 37 heavy (non-hydrogen) atoms. The molecule has 188 valence electrons. The summed E-state index contributed by atoms with van der Waals surface area (Å²) >= 11 is 0. The molecule has 5 heterocycles. The summed E-state index contributed by atoms with van der Waals surface area (Å²) < 4.78 is 0. The highest BCUT2D eigenvalue weighted by Crippen LogP contribution is 2.77. The highest BCUT2D eigenvalue weighted by atomic mass is 15.5. The molecule has 0 saturated heterocycles. The van der Waals surface area contributed by atoms with Crippen LogP contribution in [-0.4, -0.2) is 41.3 Å². The average molecular weight is 491 g/mol. The van der Waals surface area contributed by atoms with E-state index < -0.39 is 0 Å². The minimum Gasteiger partial charge on any atom is -0.358 e. The van der Waals surface area contributed by atoms with Crippen LogP contribution in [-0.2, 0) is 10.8 Å². The van der Waals surface area contributed by atoms with Crippen molar-refractivity contribution in [3.05, 3.63) is 84.6 Å². The van der Waals surface area contributed by atoms with Crippen LogP contribution in [0.4, 0.5) is 22.9 Å². The molecular weight excluding hydrogens is 456 g/mol. The Morgan fingerprint density at radius 3 is 2.38 bits per heavy atom. The lowest BCUT2D eigenvalue weighted by molar-refractivity contribution is 0.00530. The van der Waals surface area contributed by atoms with Crippen molar-refractivity contribution in [1.82, 2.24) is 14.9 Å². The van der Waals surface area contributed by atoms with Gasteiger partial charge in [-0.2, -0.15) is 0 Å². The van der Waals surface area contributed by atoms with Gasteiger partial charge in [0.1, 0.15) is 24.3 Å². The number of fused-ring (bicyclic) bond motifs is 14. The Labute approximate surface area is 219 Å². The quantitative estimate of drug-likeness (QED) is 0.456. The maximum atomic E-state index is 4.85. The number of aromatic nitrogens is 2. The first kappa shape index (κ1) is 21.5. The fourth-order valence-corrected chi connectivity index (χ4v) is 10.0. The lowest BCUT2D eigenvalue weighted by Crippen LogP contribution is -2.69. The lowest BCUT2D eigenvalue weighted by Gasteiger charge is -2.63. The van der Waals surface area contributed by atoms with E-state index in [0.29, 0.717) is 6.17 Å². The van der Waals surface area contributed by atoms with Crippen molar-refractivity contribution in [2.45, 2.75) is 62.7 Å². The normalized spacial score (nSPS) is 33.9. The molecule has 5 atom stereocenters. The summed E-state index contributed by atoms with van der Waals surface area (Å²) in [5.74, 6) is 1.04. The van der Waals surface area contributed by atoms with E-state index in [1.54, 1.807) is 6.33 Å². The Kier molecular flexibility index (Phi) is 3.99. The summed E-state index contributed by atoms with van der Waals surface area (Å²) in [5, 5.41) is 0. The van der Waals surface area contributed by atoms with Gasteiger partial charge in [0, 0.05) is 54.1 Å². The fraction of sp³-hybridized carbons (Fsp3) is 0.419. The molecule has 2 aromatic carbocycles. The Morgan fingerprint density at radius 2 is 1.59 bits per heavy atom. The summed E-state index contributed by atoms with van der Waals surface area (Å²) in [6.07, 6.45) is 13.3. The van der Waals surface area contributed by atoms with Crippen LogP contribution < -0.4 is 14.7 Å². The molecule has 6 nitrogen and oxygen atoms in total. The van der Waals surface area contributed by atoms with E-state index in [1.807, 2.05) is 6.20 Å². The molecule has 1 aromatic heterocycles. The number of rotatable bonds is 2. The lowest BCUT2D eigenvalue weighted by atomic mass is 9.46. The summed E-state index contributed by atoms with van der Waals surface area (Å²) in [6, 6.07) is 18.5. The van der Waals surface area contributed by atoms with E-state index in [-0.39, 0.29) is 22.4 Å². The summed E-state index contributed by atoms with van der Waals surface area (Å²) in [7, 11) is 4.54. The molecule has 1 spiro atoms. The third kappa shape index (κ3) is 2.04.